The molecule has 0 unspecified atom stereocenters. The third-order valence-electron chi connectivity index (χ3n) is 7.39. The van der Waals surface area contributed by atoms with Gasteiger partial charge in [0.1, 0.15) is 0 Å². The Morgan fingerprint density at radius 2 is 1.53 bits per heavy atom. The Kier molecular flexibility index (Phi) is 7.84. The molecule has 3 nitrogen and oxygen atoms in total. The molecular weight excluding hydrogens is 416 g/mol. The van der Waals surface area contributed by atoms with E-state index in [4.69, 9.17) is 0 Å². The molecule has 3 aromatic carbocycles. The van der Waals surface area contributed by atoms with Crippen molar-refractivity contribution in [2.45, 2.75) is 59.5 Å². The molecule has 0 radical (unpaired) electrons. The molecular formula is C31H38N2O. The van der Waals surface area contributed by atoms with Gasteiger partial charge >= 0.3 is 0 Å². The fraction of sp³-hybridized carbons (Fsp3) is 0.387. The molecule has 0 aromatic heterocycles. The first-order valence-electron chi connectivity index (χ1n) is 12.6. The Morgan fingerprint density at radius 1 is 0.882 bits per heavy atom. The summed E-state index contributed by atoms with van der Waals surface area (Å²) in [4.78, 5) is 15.4. The van der Waals surface area contributed by atoms with Gasteiger partial charge in [0, 0.05) is 12.1 Å². The smallest absolute Gasteiger partial charge is 0.251 e. The second-order valence-electron chi connectivity index (χ2n) is 10.1. The number of rotatable bonds is 7. The molecule has 1 amide bonds. The molecule has 1 N–H and O–H groups in total. The van der Waals surface area contributed by atoms with Gasteiger partial charge in [0.25, 0.3) is 5.91 Å². The van der Waals surface area contributed by atoms with Crippen LogP contribution in [0.25, 0.3) is 0 Å². The lowest BCUT2D eigenvalue weighted by atomic mass is 9.90. The van der Waals surface area contributed by atoms with Crippen LogP contribution in [-0.2, 0) is 13.0 Å². The SMILES string of the molecule is Cc1cc(C)c([C@@H](C)NC(=O)c2ccc(CN3CCC(Cc4ccccc4)CC3)cc2)cc1C. The van der Waals surface area contributed by atoms with E-state index in [9.17, 15) is 4.79 Å². The van der Waals surface area contributed by atoms with Crippen molar-refractivity contribution in [3.05, 3.63) is 106 Å². The van der Waals surface area contributed by atoms with Crippen molar-refractivity contribution in [1.29, 1.82) is 0 Å². The van der Waals surface area contributed by atoms with Crippen LogP contribution in [0.15, 0.2) is 66.7 Å². The average molecular weight is 455 g/mol. The van der Waals surface area contributed by atoms with E-state index in [0.29, 0.717) is 0 Å². The fourth-order valence-electron chi connectivity index (χ4n) is 5.12. The molecule has 1 heterocycles. The van der Waals surface area contributed by atoms with Gasteiger partial charge in [-0.05, 0) is 111 Å². The lowest BCUT2D eigenvalue weighted by molar-refractivity contribution is 0.0939. The molecule has 0 bridgehead atoms. The maximum Gasteiger partial charge on any atom is 0.251 e. The van der Waals surface area contributed by atoms with E-state index in [1.165, 1.54) is 52.6 Å². The minimum absolute atomic E-state index is 0.0154. The summed E-state index contributed by atoms with van der Waals surface area (Å²) >= 11 is 0. The number of nitrogens with one attached hydrogen (secondary N) is 1. The third kappa shape index (κ3) is 6.15. The van der Waals surface area contributed by atoms with Crippen LogP contribution in [0.3, 0.4) is 0 Å². The Bertz CT molecular complexity index is 1100. The number of aryl methyl sites for hydroxylation is 3. The number of amides is 1. The van der Waals surface area contributed by atoms with Crippen molar-refractivity contribution in [1.82, 2.24) is 10.2 Å². The summed E-state index contributed by atoms with van der Waals surface area (Å²) in [6.45, 7) is 11.7. The number of piperidine rings is 1. The van der Waals surface area contributed by atoms with Crippen molar-refractivity contribution in [2.75, 3.05) is 13.1 Å². The van der Waals surface area contributed by atoms with Gasteiger partial charge in [-0.3, -0.25) is 9.69 Å². The van der Waals surface area contributed by atoms with Gasteiger partial charge in [0.05, 0.1) is 6.04 Å². The number of carbonyl (C=O) groups excluding carboxylic acids is 1. The van der Waals surface area contributed by atoms with E-state index < -0.39 is 0 Å². The van der Waals surface area contributed by atoms with E-state index in [0.717, 1.165) is 31.1 Å². The maximum atomic E-state index is 12.9. The van der Waals surface area contributed by atoms with Gasteiger partial charge in [-0.15, -0.1) is 0 Å². The number of likely N-dealkylation sites (tertiary alicyclic amines) is 1. The summed E-state index contributed by atoms with van der Waals surface area (Å²) in [5.74, 6) is 0.770. The van der Waals surface area contributed by atoms with Gasteiger partial charge in [0.15, 0.2) is 0 Å². The maximum absolute atomic E-state index is 12.9. The molecule has 0 aliphatic carbocycles. The van der Waals surface area contributed by atoms with Crippen molar-refractivity contribution in [3.8, 4) is 0 Å². The second kappa shape index (κ2) is 11.0. The van der Waals surface area contributed by atoms with E-state index in [-0.39, 0.29) is 11.9 Å². The van der Waals surface area contributed by atoms with E-state index in [1.54, 1.807) is 0 Å². The highest BCUT2D eigenvalue weighted by atomic mass is 16.1. The number of hydrogen-bond donors (Lipinski definition) is 1. The molecule has 4 rings (SSSR count). The predicted octanol–water partition coefficient (Wildman–Crippen LogP) is 6.56. The summed E-state index contributed by atoms with van der Waals surface area (Å²) in [7, 11) is 0. The Balaban J connectivity index is 1.28. The van der Waals surface area contributed by atoms with Gasteiger partial charge in [-0.1, -0.05) is 54.6 Å². The minimum atomic E-state index is -0.0244. The minimum Gasteiger partial charge on any atom is -0.346 e. The molecule has 0 saturated carbocycles. The van der Waals surface area contributed by atoms with Gasteiger partial charge in [0.2, 0.25) is 0 Å². The zero-order chi connectivity index (χ0) is 24.1. The summed E-state index contributed by atoms with van der Waals surface area (Å²) in [5, 5.41) is 3.18. The predicted molar refractivity (Wildman–Crippen MR) is 141 cm³/mol. The summed E-state index contributed by atoms with van der Waals surface area (Å²) in [6, 6.07) is 23.4. The van der Waals surface area contributed by atoms with Crippen molar-refractivity contribution < 1.29 is 4.79 Å². The van der Waals surface area contributed by atoms with Crippen molar-refractivity contribution >= 4 is 5.91 Å². The average Bonchev–Trinajstić information content (AvgIpc) is 2.83. The first kappa shape index (κ1) is 24.2. The summed E-state index contributed by atoms with van der Waals surface area (Å²) in [5.41, 5.74) is 8.40. The lowest BCUT2D eigenvalue weighted by Crippen LogP contribution is -2.33. The monoisotopic (exact) mass is 454 g/mol. The van der Waals surface area contributed by atoms with Crippen molar-refractivity contribution in [2.24, 2.45) is 5.92 Å². The molecule has 3 heteroatoms. The highest BCUT2D eigenvalue weighted by molar-refractivity contribution is 5.94. The highest BCUT2D eigenvalue weighted by Crippen LogP contribution is 2.24. The molecule has 1 saturated heterocycles. The zero-order valence-corrected chi connectivity index (χ0v) is 21.1. The lowest BCUT2D eigenvalue weighted by Gasteiger charge is -2.32. The van der Waals surface area contributed by atoms with Crippen LogP contribution < -0.4 is 5.32 Å². The first-order valence-corrected chi connectivity index (χ1v) is 12.6. The number of nitrogens with zero attached hydrogens (tertiary/aromatic N) is 1. The quantitative estimate of drug-likeness (QED) is 0.439. The van der Waals surface area contributed by atoms with Crippen LogP contribution in [0.1, 0.15) is 69.5 Å². The molecule has 178 valence electrons. The van der Waals surface area contributed by atoms with Crippen LogP contribution in [0.4, 0.5) is 0 Å². The summed E-state index contributed by atoms with van der Waals surface area (Å²) in [6.07, 6.45) is 3.70. The van der Waals surface area contributed by atoms with Gasteiger partial charge in [-0.2, -0.15) is 0 Å². The second-order valence-corrected chi connectivity index (χ2v) is 10.1. The fourth-order valence-corrected chi connectivity index (χ4v) is 5.12. The number of benzene rings is 3. The molecule has 1 aliphatic rings. The molecule has 0 spiro atoms. The molecule has 1 fully saturated rings. The largest absolute Gasteiger partial charge is 0.346 e. The third-order valence-corrected chi connectivity index (χ3v) is 7.39. The van der Waals surface area contributed by atoms with Crippen LogP contribution in [-0.4, -0.2) is 23.9 Å². The van der Waals surface area contributed by atoms with E-state index in [2.05, 4.69) is 92.5 Å². The number of carbonyl (C=O) groups is 1. The molecule has 34 heavy (non-hydrogen) atoms. The van der Waals surface area contributed by atoms with E-state index >= 15 is 0 Å². The summed E-state index contributed by atoms with van der Waals surface area (Å²) < 4.78 is 0. The van der Waals surface area contributed by atoms with Crippen LogP contribution in [0.5, 0.6) is 0 Å². The van der Waals surface area contributed by atoms with Crippen LogP contribution in [0.2, 0.25) is 0 Å². The van der Waals surface area contributed by atoms with Crippen LogP contribution in [0, 0.1) is 26.7 Å². The van der Waals surface area contributed by atoms with Gasteiger partial charge < -0.3 is 5.32 Å². The molecule has 1 aliphatic heterocycles. The van der Waals surface area contributed by atoms with E-state index in [1.807, 2.05) is 12.1 Å². The van der Waals surface area contributed by atoms with Gasteiger partial charge in [-0.25, -0.2) is 0 Å². The normalized spacial score (nSPS) is 15.8. The van der Waals surface area contributed by atoms with Crippen molar-refractivity contribution in [3.63, 3.8) is 0 Å². The highest BCUT2D eigenvalue weighted by Gasteiger charge is 2.20. The standard InChI is InChI=1S/C31H38N2O/c1-22-18-24(3)30(19-23(22)2)25(4)32-31(34)29-12-10-28(11-13-29)21-33-16-14-27(15-17-33)20-26-8-6-5-7-9-26/h5-13,18-19,25,27H,14-17,20-21H2,1-4H3,(H,32,34)/t25-/m1/s1. The molecule has 1 atom stereocenters. The first-order chi connectivity index (χ1) is 16.4. The topological polar surface area (TPSA) is 32.3 Å². The van der Waals surface area contributed by atoms with Crippen LogP contribution >= 0.6 is 0 Å². The number of hydrogen-bond acceptors (Lipinski definition) is 2. The Hall–Kier alpha value is -2.91. The Morgan fingerprint density at radius 3 is 2.21 bits per heavy atom. The Labute approximate surface area is 205 Å². The zero-order valence-electron chi connectivity index (χ0n) is 21.1. The molecule has 3 aromatic rings.